The molecule has 3 amide bonds. The monoisotopic (exact) mass is 548 g/mol. The Labute approximate surface area is 224 Å². The van der Waals surface area contributed by atoms with Crippen molar-refractivity contribution >= 4 is 17.6 Å². The van der Waals surface area contributed by atoms with Gasteiger partial charge in [0.25, 0.3) is 5.91 Å². The summed E-state index contributed by atoms with van der Waals surface area (Å²) in [5, 5.41) is 21.8. The molecule has 0 unspecified atom stereocenters. The van der Waals surface area contributed by atoms with E-state index in [0.717, 1.165) is 12.1 Å². The molecule has 39 heavy (non-hydrogen) atoms. The molecule has 0 aliphatic carbocycles. The van der Waals surface area contributed by atoms with Crippen molar-refractivity contribution in [1.82, 2.24) is 14.8 Å². The fourth-order valence-electron chi connectivity index (χ4n) is 3.89. The van der Waals surface area contributed by atoms with Crippen LogP contribution in [0.25, 0.3) is 0 Å². The highest BCUT2D eigenvalue weighted by Crippen LogP contribution is 2.30. The van der Waals surface area contributed by atoms with Gasteiger partial charge in [0.1, 0.15) is 17.8 Å². The van der Waals surface area contributed by atoms with Crippen molar-refractivity contribution in [2.75, 3.05) is 32.1 Å². The summed E-state index contributed by atoms with van der Waals surface area (Å²) < 4.78 is 44.6. The zero-order valence-corrected chi connectivity index (χ0v) is 22.0. The second kappa shape index (κ2) is 12.4. The maximum Gasteiger partial charge on any atom is 0.416 e. The standard InChI is InChI=1S/C27H31F3N4O5/c1-16-13-34(17(2)15-35)25(37)22-11-19(6-5-18(3)36)12-31-24(22)39-23(16)14-33(4)26(38)32-21-9-7-20(8-10-21)27(28,29)30/h7-12,16-18,23,35-36H,13-15H2,1-4H3,(H,32,38)/t16-,17+,18+,23+/m1/s1. The molecule has 0 bridgehead atoms. The minimum atomic E-state index is -4.48. The van der Waals surface area contributed by atoms with Gasteiger partial charge in [-0.2, -0.15) is 13.2 Å². The summed E-state index contributed by atoms with van der Waals surface area (Å²) >= 11 is 0. The van der Waals surface area contributed by atoms with Crippen molar-refractivity contribution < 1.29 is 37.7 Å². The summed E-state index contributed by atoms with van der Waals surface area (Å²) in [6, 6.07) is 4.52. The molecule has 4 atom stereocenters. The Bertz CT molecular complexity index is 1240. The third kappa shape index (κ3) is 7.61. The third-order valence-electron chi connectivity index (χ3n) is 6.21. The van der Waals surface area contributed by atoms with Gasteiger partial charge in [0.15, 0.2) is 0 Å². The number of alkyl halides is 3. The van der Waals surface area contributed by atoms with E-state index in [1.165, 1.54) is 48.2 Å². The first-order chi connectivity index (χ1) is 18.3. The Morgan fingerprint density at radius 1 is 1.31 bits per heavy atom. The fraction of sp³-hybridized carbons (Fsp3) is 0.444. The molecule has 0 radical (unpaired) electrons. The topological polar surface area (TPSA) is 115 Å². The number of benzene rings is 1. The van der Waals surface area contributed by atoms with E-state index in [4.69, 9.17) is 4.74 Å². The highest BCUT2D eigenvalue weighted by atomic mass is 19.4. The first kappa shape index (κ1) is 29.7. The average molecular weight is 549 g/mol. The van der Waals surface area contributed by atoms with Gasteiger partial charge in [0.05, 0.1) is 24.8 Å². The number of anilines is 1. The van der Waals surface area contributed by atoms with Gasteiger partial charge in [-0.15, -0.1) is 0 Å². The van der Waals surface area contributed by atoms with Crippen LogP contribution in [-0.4, -0.2) is 81.9 Å². The van der Waals surface area contributed by atoms with Crippen molar-refractivity contribution in [3.05, 3.63) is 53.2 Å². The van der Waals surface area contributed by atoms with Crippen LogP contribution in [0.3, 0.4) is 0 Å². The van der Waals surface area contributed by atoms with Gasteiger partial charge in [0, 0.05) is 37.0 Å². The lowest BCUT2D eigenvalue weighted by atomic mass is 10.00. The molecule has 0 saturated carbocycles. The molecule has 12 heteroatoms. The number of urea groups is 1. The van der Waals surface area contributed by atoms with Crippen molar-refractivity contribution in [2.45, 2.75) is 45.2 Å². The number of pyridine rings is 1. The van der Waals surface area contributed by atoms with E-state index in [1.54, 1.807) is 6.92 Å². The number of aromatic nitrogens is 1. The number of ether oxygens (including phenoxy) is 1. The van der Waals surface area contributed by atoms with Crippen molar-refractivity contribution in [3.8, 4) is 17.7 Å². The quantitative estimate of drug-likeness (QED) is 0.495. The molecule has 0 fully saturated rings. The van der Waals surface area contributed by atoms with Crippen molar-refractivity contribution in [2.24, 2.45) is 5.92 Å². The van der Waals surface area contributed by atoms with E-state index in [-0.39, 0.29) is 42.7 Å². The van der Waals surface area contributed by atoms with Crippen LogP contribution in [0, 0.1) is 17.8 Å². The minimum Gasteiger partial charge on any atom is -0.472 e. The largest absolute Gasteiger partial charge is 0.472 e. The normalized spacial score (nSPS) is 18.9. The molecule has 9 nitrogen and oxygen atoms in total. The van der Waals surface area contributed by atoms with Crippen LogP contribution in [0.15, 0.2) is 36.5 Å². The number of nitrogens with one attached hydrogen (secondary N) is 1. The number of carbonyl (C=O) groups excluding carboxylic acids is 2. The lowest BCUT2D eigenvalue weighted by Crippen LogP contribution is -2.50. The van der Waals surface area contributed by atoms with Crippen LogP contribution in [0.1, 0.15) is 42.3 Å². The lowest BCUT2D eigenvalue weighted by Gasteiger charge is -2.37. The molecule has 210 valence electrons. The molecule has 1 aromatic heterocycles. The van der Waals surface area contributed by atoms with Gasteiger partial charge >= 0.3 is 12.2 Å². The third-order valence-corrected chi connectivity index (χ3v) is 6.21. The number of hydrogen-bond donors (Lipinski definition) is 3. The number of nitrogens with zero attached hydrogens (tertiary/aromatic N) is 3. The molecule has 3 N–H and O–H groups in total. The maximum atomic E-state index is 13.4. The Hall–Kier alpha value is -3.82. The predicted octanol–water partition coefficient (Wildman–Crippen LogP) is 3.22. The molecular formula is C27H31F3N4O5. The van der Waals surface area contributed by atoms with Gasteiger partial charge in [-0.3, -0.25) is 4.79 Å². The van der Waals surface area contributed by atoms with Crippen LogP contribution < -0.4 is 10.1 Å². The van der Waals surface area contributed by atoms with Crippen LogP contribution >= 0.6 is 0 Å². The Kier molecular flexibility index (Phi) is 9.42. The Morgan fingerprint density at radius 2 is 1.97 bits per heavy atom. The summed E-state index contributed by atoms with van der Waals surface area (Å²) in [6.07, 6.45) is -4.58. The minimum absolute atomic E-state index is 0.0332. The molecule has 2 heterocycles. The smallest absolute Gasteiger partial charge is 0.416 e. The molecule has 2 aromatic rings. The van der Waals surface area contributed by atoms with Gasteiger partial charge in [-0.25, -0.2) is 9.78 Å². The number of fused-ring (bicyclic) bond motifs is 1. The van der Waals surface area contributed by atoms with Crippen LogP contribution in [0.4, 0.5) is 23.7 Å². The fourth-order valence-corrected chi connectivity index (χ4v) is 3.89. The summed E-state index contributed by atoms with van der Waals surface area (Å²) in [6.45, 7) is 5.05. The van der Waals surface area contributed by atoms with E-state index in [2.05, 4.69) is 22.1 Å². The average Bonchev–Trinajstić information content (AvgIpc) is 2.88. The Balaban J connectivity index is 1.84. The maximum absolute atomic E-state index is 13.4. The number of rotatable bonds is 5. The van der Waals surface area contributed by atoms with E-state index in [9.17, 15) is 33.0 Å². The van der Waals surface area contributed by atoms with E-state index >= 15 is 0 Å². The van der Waals surface area contributed by atoms with E-state index in [1.807, 2.05) is 6.92 Å². The number of carbonyl (C=O) groups is 2. The number of likely N-dealkylation sites (N-methyl/N-ethyl adjacent to an activating group) is 1. The number of aliphatic hydroxyl groups excluding tert-OH is 2. The SMILES string of the molecule is C[C@H](O)C#Cc1cnc2c(c1)C(=O)N([C@@H](C)CO)C[C@@H](C)[C@H](CN(C)C(=O)Nc1ccc(C(F)(F)F)cc1)O2. The molecule has 1 aliphatic rings. The summed E-state index contributed by atoms with van der Waals surface area (Å²) in [7, 11) is 1.51. The number of amides is 3. The second-order valence-electron chi connectivity index (χ2n) is 9.53. The van der Waals surface area contributed by atoms with Gasteiger partial charge in [-0.05, 0) is 44.2 Å². The van der Waals surface area contributed by atoms with Gasteiger partial charge < -0.3 is 30.1 Å². The Morgan fingerprint density at radius 3 is 2.56 bits per heavy atom. The van der Waals surface area contributed by atoms with Crippen molar-refractivity contribution in [1.29, 1.82) is 0 Å². The van der Waals surface area contributed by atoms with Gasteiger partial charge in [0.2, 0.25) is 5.88 Å². The molecule has 1 aliphatic heterocycles. The van der Waals surface area contributed by atoms with Gasteiger partial charge in [-0.1, -0.05) is 18.8 Å². The summed E-state index contributed by atoms with van der Waals surface area (Å²) in [4.78, 5) is 33.3. The van der Waals surface area contributed by atoms with Crippen LogP contribution in [0.2, 0.25) is 0 Å². The van der Waals surface area contributed by atoms with Crippen molar-refractivity contribution in [3.63, 3.8) is 0 Å². The number of hydrogen-bond acceptors (Lipinski definition) is 6. The zero-order chi connectivity index (χ0) is 28.9. The summed E-state index contributed by atoms with van der Waals surface area (Å²) in [5.41, 5.74) is -0.117. The molecule has 0 saturated heterocycles. The molecule has 1 aromatic carbocycles. The first-order valence-electron chi connectivity index (χ1n) is 12.3. The second-order valence-corrected chi connectivity index (χ2v) is 9.53. The van der Waals surface area contributed by atoms with E-state index in [0.29, 0.717) is 5.56 Å². The summed E-state index contributed by atoms with van der Waals surface area (Å²) in [5.74, 6) is 4.68. The predicted molar refractivity (Wildman–Crippen MR) is 137 cm³/mol. The molecular weight excluding hydrogens is 517 g/mol. The highest BCUT2D eigenvalue weighted by molar-refractivity contribution is 5.97. The van der Waals surface area contributed by atoms with Crippen LogP contribution in [-0.2, 0) is 6.18 Å². The molecule has 3 rings (SSSR count). The molecule has 0 spiro atoms. The zero-order valence-electron chi connectivity index (χ0n) is 22.0. The number of aliphatic hydroxyl groups is 2. The first-order valence-corrected chi connectivity index (χ1v) is 12.3. The highest BCUT2D eigenvalue weighted by Gasteiger charge is 2.35. The lowest BCUT2D eigenvalue weighted by molar-refractivity contribution is -0.137. The number of halogens is 3. The van der Waals surface area contributed by atoms with Crippen LogP contribution in [0.5, 0.6) is 5.88 Å². The van der Waals surface area contributed by atoms with E-state index < -0.39 is 41.9 Å².